The molecule has 1 fully saturated rings. The molecule has 2 aliphatic heterocycles. The lowest BCUT2D eigenvalue weighted by Gasteiger charge is -2.39. The van der Waals surface area contributed by atoms with Gasteiger partial charge in [-0.15, -0.1) is 0 Å². The quantitative estimate of drug-likeness (QED) is 0.789. The Morgan fingerprint density at radius 3 is 2.59 bits per heavy atom. The van der Waals surface area contributed by atoms with E-state index in [4.69, 9.17) is 11.6 Å². The molecule has 2 heterocycles. The number of carbonyl (C=O) groups is 2. The van der Waals surface area contributed by atoms with Gasteiger partial charge in [0.15, 0.2) is 0 Å². The van der Waals surface area contributed by atoms with E-state index in [0.717, 1.165) is 41.8 Å². The molecule has 0 N–H and O–H groups in total. The number of piperidine rings is 1. The standard InChI is InChI=1S/C22H23ClN2O2/c23-19-10-6-9-17-15-24(14-12-18(17)19)22(27)20-11-4-5-13-25(20)21(26)16-7-2-1-3-8-16/h1-3,6-10,20H,4-5,11-15H2/t20-/m1/s1. The van der Waals surface area contributed by atoms with E-state index in [1.54, 1.807) is 4.90 Å². The number of nitrogens with zero attached hydrogens (tertiary/aromatic N) is 2. The van der Waals surface area contributed by atoms with Crippen molar-refractivity contribution >= 4 is 23.4 Å². The Bertz CT molecular complexity index is 853. The molecular formula is C22H23ClN2O2. The third kappa shape index (κ3) is 3.59. The Hall–Kier alpha value is -2.33. The maximum absolute atomic E-state index is 13.3. The summed E-state index contributed by atoms with van der Waals surface area (Å²) >= 11 is 6.29. The average molecular weight is 383 g/mol. The number of amides is 2. The number of fused-ring (bicyclic) bond motifs is 1. The van der Waals surface area contributed by atoms with Crippen LogP contribution in [0.25, 0.3) is 0 Å². The first-order valence-corrected chi connectivity index (χ1v) is 9.94. The molecule has 0 unspecified atom stereocenters. The number of hydrogen-bond donors (Lipinski definition) is 0. The average Bonchev–Trinajstić information content (AvgIpc) is 2.73. The lowest BCUT2D eigenvalue weighted by Crippen LogP contribution is -2.53. The molecule has 2 aromatic carbocycles. The van der Waals surface area contributed by atoms with Crippen LogP contribution in [0.5, 0.6) is 0 Å². The van der Waals surface area contributed by atoms with E-state index in [-0.39, 0.29) is 17.9 Å². The van der Waals surface area contributed by atoms with Crippen molar-refractivity contribution in [2.24, 2.45) is 0 Å². The van der Waals surface area contributed by atoms with Gasteiger partial charge in [-0.2, -0.15) is 0 Å². The van der Waals surface area contributed by atoms with Gasteiger partial charge in [0.1, 0.15) is 6.04 Å². The zero-order chi connectivity index (χ0) is 18.8. The van der Waals surface area contributed by atoms with Crippen molar-refractivity contribution in [1.82, 2.24) is 9.80 Å². The Kier molecular flexibility index (Phi) is 5.17. The summed E-state index contributed by atoms with van der Waals surface area (Å²) in [5.41, 5.74) is 2.90. The molecule has 0 bridgehead atoms. The highest BCUT2D eigenvalue weighted by Gasteiger charge is 2.36. The lowest BCUT2D eigenvalue weighted by molar-refractivity contribution is -0.138. The maximum Gasteiger partial charge on any atom is 0.254 e. The second-order valence-corrected chi connectivity index (χ2v) is 7.67. The van der Waals surface area contributed by atoms with E-state index in [9.17, 15) is 9.59 Å². The summed E-state index contributed by atoms with van der Waals surface area (Å²) in [4.78, 5) is 29.9. The van der Waals surface area contributed by atoms with Gasteiger partial charge >= 0.3 is 0 Å². The number of halogens is 1. The smallest absolute Gasteiger partial charge is 0.254 e. The van der Waals surface area contributed by atoms with Crippen LogP contribution in [0, 0.1) is 0 Å². The van der Waals surface area contributed by atoms with Crippen LogP contribution in [0.1, 0.15) is 40.7 Å². The maximum atomic E-state index is 13.3. The molecule has 4 rings (SSSR count). The third-order valence-electron chi connectivity index (χ3n) is 5.59. The van der Waals surface area contributed by atoms with Crippen LogP contribution in [0.2, 0.25) is 5.02 Å². The molecule has 0 spiro atoms. The summed E-state index contributed by atoms with van der Waals surface area (Å²) in [6, 6.07) is 14.8. The molecule has 2 aromatic rings. The molecule has 2 amide bonds. The fraction of sp³-hybridized carbons (Fsp3) is 0.364. The third-order valence-corrected chi connectivity index (χ3v) is 5.94. The van der Waals surface area contributed by atoms with Gasteiger partial charge in [0, 0.05) is 30.2 Å². The van der Waals surface area contributed by atoms with Crippen molar-refractivity contribution in [3.8, 4) is 0 Å². The molecule has 140 valence electrons. The lowest BCUT2D eigenvalue weighted by atomic mass is 9.96. The van der Waals surface area contributed by atoms with E-state index in [0.29, 0.717) is 25.2 Å². The normalized spacial score (nSPS) is 19.5. The van der Waals surface area contributed by atoms with Crippen LogP contribution in [-0.4, -0.2) is 40.7 Å². The molecule has 1 saturated heterocycles. The molecular weight excluding hydrogens is 360 g/mol. The summed E-state index contributed by atoms with van der Waals surface area (Å²) in [6.07, 6.45) is 3.42. The van der Waals surface area contributed by atoms with Gasteiger partial charge in [-0.1, -0.05) is 41.9 Å². The van der Waals surface area contributed by atoms with E-state index in [1.807, 2.05) is 53.4 Å². The molecule has 0 aliphatic carbocycles. The topological polar surface area (TPSA) is 40.6 Å². The van der Waals surface area contributed by atoms with Crippen LogP contribution >= 0.6 is 11.6 Å². The van der Waals surface area contributed by atoms with Crippen molar-refractivity contribution in [3.63, 3.8) is 0 Å². The highest BCUT2D eigenvalue weighted by atomic mass is 35.5. The first kappa shape index (κ1) is 18.1. The molecule has 5 heteroatoms. The van der Waals surface area contributed by atoms with Gasteiger partial charge < -0.3 is 9.80 Å². The van der Waals surface area contributed by atoms with E-state index in [1.165, 1.54) is 0 Å². The Morgan fingerprint density at radius 2 is 1.78 bits per heavy atom. The van der Waals surface area contributed by atoms with Crippen LogP contribution in [0.4, 0.5) is 0 Å². The number of carbonyl (C=O) groups excluding carboxylic acids is 2. The minimum Gasteiger partial charge on any atom is -0.336 e. The number of hydrogen-bond acceptors (Lipinski definition) is 2. The van der Waals surface area contributed by atoms with Gasteiger partial charge in [0.25, 0.3) is 5.91 Å². The number of rotatable bonds is 2. The second-order valence-electron chi connectivity index (χ2n) is 7.26. The van der Waals surface area contributed by atoms with Crippen LogP contribution in [0.15, 0.2) is 48.5 Å². The predicted octanol–water partition coefficient (Wildman–Crippen LogP) is 3.92. The highest BCUT2D eigenvalue weighted by Crippen LogP contribution is 2.28. The van der Waals surface area contributed by atoms with Gasteiger partial charge in [0.2, 0.25) is 5.91 Å². The van der Waals surface area contributed by atoms with Gasteiger partial charge in [0.05, 0.1) is 0 Å². The molecule has 0 aromatic heterocycles. The molecule has 0 radical (unpaired) electrons. The van der Waals surface area contributed by atoms with Crippen molar-refractivity contribution in [1.29, 1.82) is 0 Å². The van der Waals surface area contributed by atoms with Crippen LogP contribution in [-0.2, 0) is 17.8 Å². The van der Waals surface area contributed by atoms with Crippen molar-refractivity contribution in [2.45, 2.75) is 38.3 Å². The minimum absolute atomic E-state index is 0.0471. The molecule has 4 nitrogen and oxygen atoms in total. The summed E-state index contributed by atoms with van der Waals surface area (Å²) < 4.78 is 0. The SMILES string of the molecule is O=C([C@H]1CCCCN1C(=O)c1ccccc1)N1CCc2c(Cl)cccc2C1. The van der Waals surface area contributed by atoms with Gasteiger partial charge in [-0.3, -0.25) is 9.59 Å². The summed E-state index contributed by atoms with van der Waals surface area (Å²) in [7, 11) is 0. The molecule has 27 heavy (non-hydrogen) atoms. The first-order chi connectivity index (χ1) is 13.1. The van der Waals surface area contributed by atoms with Crippen molar-refractivity contribution in [2.75, 3.05) is 13.1 Å². The van der Waals surface area contributed by atoms with Crippen molar-refractivity contribution < 1.29 is 9.59 Å². The van der Waals surface area contributed by atoms with Crippen LogP contribution in [0.3, 0.4) is 0 Å². The zero-order valence-corrected chi connectivity index (χ0v) is 16.0. The van der Waals surface area contributed by atoms with E-state index in [2.05, 4.69) is 0 Å². The monoisotopic (exact) mass is 382 g/mol. The second kappa shape index (κ2) is 7.73. The number of benzene rings is 2. The van der Waals surface area contributed by atoms with Crippen LogP contribution < -0.4 is 0 Å². The Labute approximate surface area is 164 Å². The number of likely N-dealkylation sites (tertiary alicyclic amines) is 1. The summed E-state index contributed by atoms with van der Waals surface area (Å²) in [5.74, 6) is 0.0127. The highest BCUT2D eigenvalue weighted by molar-refractivity contribution is 6.31. The largest absolute Gasteiger partial charge is 0.336 e. The molecule has 1 atom stereocenters. The van der Waals surface area contributed by atoms with Gasteiger partial charge in [-0.25, -0.2) is 0 Å². The predicted molar refractivity (Wildman–Crippen MR) is 106 cm³/mol. The van der Waals surface area contributed by atoms with E-state index >= 15 is 0 Å². The molecule has 0 saturated carbocycles. The fourth-order valence-corrected chi connectivity index (χ4v) is 4.43. The summed E-state index contributed by atoms with van der Waals surface area (Å²) in [5, 5.41) is 0.776. The Morgan fingerprint density at radius 1 is 0.963 bits per heavy atom. The zero-order valence-electron chi connectivity index (χ0n) is 15.2. The Balaban J connectivity index is 1.54. The first-order valence-electron chi connectivity index (χ1n) is 9.56. The van der Waals surface area contributed by atoms with Gasteiger partial charge in [-0.05, 0) is 55.0 Å². The van der Waals surface area contributed by atoms with Crippen molar-refractivity contribution in [3.05, 3.63) is 70.2 Å². The molecule has 2 aliphatic rings. The van der Waals surface area contributed by atoms with E-state index < -0.39 is 0 Å². The minimum atomic E-state index is -0.368. The summed E-state index contributed by atoms with van der Waals surface area (Å²) in [6.45, 7) is 1.86. The fourth-order valence-electron chi connectivity index (χ4n) is 4.14.